The standard InChI is InChI=1S/C26H32N4S/c1-20-7-12-26(23-5-3-2-4-6-23)31-30(20)19-21-8-10-25(11-9-21)29-15-13-22(14-16-29)24-17-27-28-18-24/h2-6,8-11,17-18,20,22,26H,7,12-16,19H2,1H3,(H,27,28)/t20-,26?/m0/s1. The second-order valence-electron chi connectivity index (χ2n) is 8.97. The second-order valence-corrected chi connectivity index (χ2v) is 10.2. The van der Waals surface area contributed by atoms with Crippen LogP contribution in [0.4, 0.5) is 5.69 Å². The number of aromatic amines is 1. The highest BCUT2D eigenvalue weighted by Crippen LogP contribution is 2.43. The third-order valence-electron chi connectivity index (χ3n) is 6.90. The van der Waals surface area contributed by atoms with Crippen molar-refractivity contribution in [2.45, 2.75) is 56.4 Å². The van der Waals surface area contributed by atoms with E-state index in [1.165, 1.54) is 48.1 Å². The van der Waals surface area contributed by atoms with E-state index in [1.807, 2.05) is 18.1 Å². The molecule has 5 heteroatoms. The molecule has 2 aliphatic heterocycles. The summed E-state index contributed by atoms with van der Waals surface area (Å²) in [4.78, 5) is 2.53. The summed E-state index contributed by atoms with van der Waals surface area (Å²) in [6.45, 7) is 5.62. The van der Waals surface area contributed by atoms with Crippen LogP contribution in [0.2, 0.25) is 0 Å². The van der Waals surface area contributed by atoms with Crippen molar-refractivity contribution in [1.29, 1.82) is 0 Å². The monoisotopic (exact) mass is 432 g/mol. The minimum atomic E-state index is 0.577. The molecule has 31 heavy (non-hydrogen) atoms. The van der Waals surface area contributed by atoms with Crippen LogP contribution in [0.1, 0.15) is 60.5 Å². The molecular weight excluding hydrogens is 400 g/mol. The average Bonchev–Trinajstić information content (AvgIpc) is 3.37. The molecule has 2 saturated heterocycles. The lowest BCUT2D eigenvalue weighted by Crippen LogP contribution is -2.33. The van der Waals surface area contributed by atoms with Gasteiger partial charge in [0.05, 0.1) is 6.20 Å². The maximum absolute atomic E-state index is 4.11. The first-order valence-electron chi connectivity index (χ1n) is 11.6. The predicted octanol–water partition coefficient (Wildman–Crippen LogP) is 6.17. The van der Waals surface area contributed by atoms with Gasteiger partial charge in [0, 0.05) is 42.8 Å². The fraction of sp³-hybridized carbons (Fsp3) is 0.423. The Morgan fingerprint density at radius 3 is 2.42 bits per heavy atom. The average molecular weight is 433 g/mol. The summed E-state index contributed by atoms with van der Waals surface area (Å²) < 4.78 is 2.59. The van der Waals surface area contributed by atoms with E-state index in [-0.39, 0.29) is 0 Å². The van der Waals surface area contributed by atoms with E-state index < -0.39 is 0 Å². The van der Waals surface area contributed by atoms with Crippen LogP contribution in [0, 0.1) is 0 Å². The maximum Gasteiger partial charge on any atom is 0.0522 e. The van der Waals surface area contributed by atoms with Gasteiger partial charge in [-0.3, -0.25) is 5.10 Å². The van der Waals surface area contributed by atoms with Gasteiger partial charge in [-0.2, -0.15) is 5.10 Å². The van der Waals surface area contributed by atoms with Gasteiger partial charge < -0.3 is 4.90 Å². The van der Waals surface area contributed by atoms with Gasteiger partial charge >= 0.3 is 0 Å². The summed E-state index contributed by atoms with van der Waals surface area (Å²) in [7, 11) is 0. The Hall–Kier alpha value is -2.24. The van der Waals surface area contributed by atoms with E-state index in [0.717, 1.165) is 19.6 Å². The summed E-state index contributed by atoms with van der Waals surface area (Å²) in [5.74, 6) is 0.643. The number of anilines is 1. The zero-order valence-electron chi connectivity index (χ0n) is 18.3. The van der Waals surface area contributed by atoms with Crippen LogP contribution in [-0.4, -0.2) is 33.6 Å². The normalized spacial score (nSPS) is 23.2. The molecule has 0 bridgehead atoms. The van der Waals surface area contributed by atoms with Crippen molar-refractivity contribution in [3.05, 3.63) is 83.7 Å². The van der Waals surface area contributed by atoms with Crippen LogP contribution in [0.15, 0.2) is 67.0 Å². The molecule has 0 saturated carbocycles. The van der Waals surface area contributed by atoms with Crippen molar-refractivity contribution in [1.82, 2.24) is 14.5 Å². The summed E-state index contributed by atoms with van der Waals surface area (Å²) in [5, 5.41) is 7.65. The van der Waals surface area contributed by atoms with Gasteiger partial charge in [0.15, 0.2) is 0 Å². The van der Waals surface area contributed by atoms with E-state index in [2.05, 4.69) is 87.1 Å². The minimum Gasteiger partial charge on any atom is -0.371 e. The number of H-pyrrole nitrogens is 1. The Balaban J connectivity index is 1.18. The Bertz CT molecular complexity index is 933. The molecular formula is C26H32N4S. The number of aromatic nitrogens is 2. The van der Waals surface area contributed by atoms with Gasteiger partial charge in [-0.15, -0.1) is 0 Å². The lowest BCUT2D eigenvalue weighted by Gasteiger charge is -2.37. The highest BCUT2D eigenvalue weighted by Gasteiger charge is 2.27. The van der Waals surface area contributed by atoms with Crippen molar-refractivity contribution in [2.75, 3.05) is 18.0 Å². The molecule has 162 valence electrons. The van der Waals surface area contributed by atoms with Crippen molar-refractivity contribution in [2.24, 2.45) is 0 Å². The highest BCUT2D eigenvalue weighted by molar-refractivity contribution is 7.97. The quantitative estimate of drug-likeness (QED) is 0.489. The van der Waals surface area contributed by atoms with Crippen LogP contribution in [0.5, 0.6) is 0 Å². The van der Waals surface area contributed by atoms with E-state index in [4.69, 9.17) is 0 Å². The number of piperidine rings is 1. The molecule has 1 N–H and O–H groups in total. The largest absolute Gasteiger partial charge is 0.371 e. The first-order chi connectivity index (χ1) is 15.3. The first-order valence-corrected chi connectivity index (χ1v) is 12.4. The Morgan fingerprint density at radius 2 is 1.71 bits per heavy atom. The molecule has 0 spiro atoms. The summed E-state index contributed by atoms with van der Waals surface area (Å²) in [6, 6.07) is 20.9. The van der Waals surface area contributed by atoms with Gasteiger partial charge in [0.1, 0.15) is 0 Å². The van der Waals surface area contributed by atoms with Crippen molar-refractivity contribution >= 4 is 17.6 Å². The van der Waals surface area contributed by atoms with Crippen LogP contribution in [0.3, 0.4) is 0 Å². The van der Waals surface area contributed by atoms with E-state index >= 15 is 0 Å². The van der Waals surface area contributed by atoms with Gasteiger partial charge in [-0.25, -0.2) is 4.31 Å². The third-order valence-corrected chi connectivity index (χ3v) is 8.42. The third kappa shape index (κ3) is 4.83. The smallest absolute Gasteiger partial charge is 0.0522 e. The van der Waals surface area contributed by atoms with E-state index in [0.29, 0.717) is 17.2 Å². The van der Waals surface area contributed by atoms with Gasteiger partial charge in [-0.05, 0) is 67.3 Å². The molecule has 5 rings (SSSR count). The van der Waals surface area contributed by atoms with Gasteiger partial charge in [0.2, 0.25) is 0 Å². The second kappa shape index (κ2) is 9.49. The number of hydrogen-bond acceptors (Lipinski definition) is 4. The van der Waals surface area contributed by atoms with Gasteiger partial charge in [-0.1, -0.05) is 54.4 Å². The lowest BCUT2D eigenvalue weighted by atomic mass is 9.91. The number of nitrogens with one attached hydrogen (secondary N) is 1. The van der Waals surface area contributed by atoms with Crippen molar-refractivity contribution < 1.29 is 0 Å². The van der Waals surface area contributed by atoms with Crippen molar-refractivity contribution in [3.8, 4) is 0 Å². The zero-order chi connectivity index (χ0) is 21.0. The molecule has 2 aromatic carbocycles. The SMILES string of the molecule is C[C@H]1CCC(c2ccccc2)SN1Cc1ccc(N2CCC(c3cn[nH]c3)CC2)cc1. The van der Waals surface area contributed by atoms with Gasteiger partial charge in [0.25, 0.3) is 0 Å². The fourth-order valence-electron chi connectivity index (χ4n) is 4.89. The van der Waals surface area contributed by atoms with Crippen LogP contribution < -0.4 is 4.90 Å². The van der Waals surface area contributed by atoms with E-state index in [9.17, 15) is 0 Å². The number of hydrogen-bond donors (Lipinski definition) is 1. The fourth-order valence-corrected chi connectivity index (χ4v) is 6.28. The molecule has 1 unspecified atom stereocenters. The minimum absolute atomic E-state index is 0.577. The molecule has 3 aromatic rings. The number of rotatable bonds is 5. The Morgan fingerprint density at radius 1 is 0.935 bits per heavy atom. The molecule has 1 aromatic heterocycles. The predicted molar refractivity (Wildman–Crippen MR) is 130 cm³/mol. The van der Waals surface area contributed by atoms with Crippen LogP contribution in [0.25, 0.3) is 0 Å². The maximum atomic E-state index is 4.11. The summed E-state index contributed by atoms with van der Waals surface area (Å²) >= 11 is 2.03. The zero-order valence-corrected chi connectivity index (χ0v) is 19.1. The Kier molecular flexibility index (Phi) is 6.32. The Labute approximate surface area is 190 Å². The van der Waals surface area contributed by atoms with Crippen molar-refractivity contribution in [3.63, 3.8) is 0 Å². The molecule has 2 fully saturated rings. The molecule has 2 aliphatic rings. The molecule has 0 radical (unpaired) electrons. The topological polar surface area (TPSA) is 35.2 Å². The number of nitrogens with zero attached hydrogens (tertiary/aromatic N) is 3. The molecule has 3 heterocycles. The molecule has 0 aliphatic carbocycles. The molecule has 2 atom stereocenters. The lowest BCUT2D eigenvalue weighted by molar-refractivity contribution is 0.321. The summed E-state index contributed by atoms with van der Waals surface area (Å²) in [5.41, 5.74) is 5.58. The molecule has 0 amide bonds. The highest BCUT2D eigenvalue weighted by atomic mass is 32.2. The van der Waals surface area contributed by atoms with Crippen LogP contribution in [-0.2, 0) is 6.54 Å². The van der Waals surface area contributed by atoms with Crippen LogP contribution >= 0.6 is 11.9 Å². The first kappa shape index (κ1) is 20.7. The molecule has 4 nitrogen and oxygen atoms in total. The summed E-state index contributed by atoms with van der Waals surface area (Å²) in [6.07, 6.45) is 8.96. The number of benzene rings is 2. The van der Waals surface area contributed by atoms with E-state index in [1.54, 1.807) is 0 Å².